The molecule has 0 aliphatic heterocycles. The van der Waals surface area contributed by atoms with Crippen molar-refractivity contribution in [2.75, 3.05) is 22.9 Å². The molecule has 6 nitrogen and oxygen atoms in total. The third-order valence-electron chi connectivity index (χ3n) is 2.61. The molecule has 0 bridgehead atoms. The second-order valence-corrected chi connectivity index (χ2v) is 4.18. The molecule has 1 heterocycles. The van der Waals surface area contributed by atoms with Crippen molar-refractivity contribution in [2.24, 2.45) is 0 Å². The molecule has 0 atom stereocenters. The van der Waals surface area contributed by atoms with Crippen LogP contribution in [0.1, 0.15) is 12.5 Å². The van der Waals surface area contributed by atoms with E-state index in [2.05, 4.69) is 26.7 Å². The molecule has 0 saturated heterocycles. The van der Waals surface area contributed by atoms with Gasteiger partial charge in [0, 0.05) is 18.3 Å². The van der Waals surface area contributed by atoms with Crippen molar-refractivity contribution in [1.82, 2.24) is 9.97 Å². The van der Waals surface area contributed by atoms with Crippen molar-refractivity contribution in [1.29, 1.82) is 5.26 Å². The van der Waals surface area contributed by atoms with Crippen molar-refractivity contribution < 1.29 is 0 Å². The summed E-state index contributed by atoms with van der Waals surface area (Å²) in [7, 11) is 0. The lowest BCUT2D eigenvalue weighted by atomic mass is 10.1. The molecule has 0 aliphatic rings. The van der Waals surface area contributed by atoms with Gasteiger partial charge in [0.05, 0.1) is 12.5 Å². The lowest BCUT2D eigenvalue weighted by Crippen LogP contribution is -2.05. The molecule has 0 amide bonds. The zero-order valence-electron chi connectivity index (χ0n) is 11.2. The van der Waals surface area contributed by atoms with Crippen molar-refractivity contribution >= 4 is 23.3 Å². The zero-order chi connectivity index (χ0) is 14.4. The summed E-state index contributed by atoms with van der Waals surface area (Å²) >= 11 is 0. The van der Waals surface area contributed by atoms with Crippen LogP contribution in [0.25, 0.3) is 0 Å². The van der Waals surface area contributed by atoms with Gasteiger partial charge in [-0.2, -0.15) is 15.2 Å². The van der Waals surface area contributed by atoms with Gasteiger partial charge in [-0.05, 0) is 24.6 Å². The first-order chi connectivity index (χ1) is 9.71. The van der Waals surface area contributed by atoms with Crippen LogP contribution in [-0.4, -0.2) is 16.5 Å². The molecule has 0 saturated carbocycles. The molecule has 6 heteroatoms. The number of nitrogens with one attached hydrogen (secondary N) is 2. The highest BCUT2D eigenvalue weighted by Gasteiger charge is 2.02. The number of nitrogen functional groups attached to an aromatic ring is 1. The minimum absolute atomic E-state index is 0.215. The topological polar surface area (TPSA) is 99.6 Å². The third kappa shape index (κ3) is 3.59. The normalized spacial score (nSPS) is 9.80. The highest BCUT2D eigenvalue weighted by atomic mass is 15.1. The Morgan fingerprint density at radius 2 is 1.90 bits per heavy atom. The number of hydrogen-bond acceptors (Lipinski definition) is 6. The Kier molecular flexibility index (Phi) is 4.35. The Balaban J connectivity index is 2.14. The van der Waals surface area contributed by atoms with E-state index in [0.717, 1.165) is 17.8 Å². The Labute approximate surface area is 117 Å². The van der Waals surface area contributed by atoms with E-state index in [1.54, 1.807) is 6.07 Å². The maximum atomic E-state index is 8.63. The standard InChI is InChI=1S/C14H16N6/c1-2-17-12-9-13(20-14(16)19-12)18-11-5-3-10(4-6-11)7-8-15/h3-6,9H,2,7H2,1H3,(H4,16,17,18,19,20). The summed E-state index contributed by atoms with van der Waals surface area (Å²) in [5.41, 5.74) is 7.53. The Morgan fingerprint density at radius 1 is 1.20 bits per heavy atom. The molecular weight excluding hydrogens is 252 g/mol. The van der Waals surface area contributed by atoms with Crippen LogP contribution in [0.5, 0.6) is 0 Å². The van der Waals surface area contributed by atoms with Crippen molar-refractivity contribution in [3.63, 3.8) is 0 Å². The Hall–Kier alpha value is -2.81. The van der Waals surface area contributed by atoms with Gasteiger partial charge in [-0.15, -0.1) is 0 Å². The maximum Gasteiger partial charge on any atom is 0.223 e. The van der Waals surface area contributed by atoms with Crippen LogP contribution in [-0.2, 0) is 6.42 Å². The first kappa shape index (κ1) is 13.6. The molecule has 1 aromatic carbocycles. The van der Waals surface area contributed by atoms with Crippen LogP contribution in [0.2, 0.25) is 0 Å². The number of aromatic nitrogens is 2. The molecule has 4 N–H and O–H groups in total. The van der Waals surface area contributed by atoms with Crippen molar-refractivity contribution in [2.45, 2.75) is 13.3 Å². The van der Waals surface area contributed by atoms with Crippen LogP contribution in [0.4, 0.5) is 23.3 Å². The summed E-state index contributed by atoms with van der Waals surface area (Å²) in [5, 5.41) is 14.9. The average molecular weight is 268 g/mol. The molecule has 0 radical (unpaired) electrons. The average Bonchev–Trinajstić information content (AvgIpc) is 2.41. The van der Waals surface area contributed by atoms with E-state index in [1.807, 2.05) is 31.2 Å². The van der Waals surface area contributed by atoms with Gasteiger partial charge in [0.2, 0.25) is 5.95 Å². The van der Waals surface area contributed by atoms with E-state index < -0.39 is 0 Å². The quantitative estimate of drug-likeness (QED) is 0.769. The van der Waals surface area contributed by atoms with Crippen LogP contribution in [0, 0.1) is 11.3 Å². The molecule has 102 valence electrons. The van der Waals surface area contributed by atoms with E-state index in [4.69, 9.17) is 11.0 Å². The summed E-state index contributed by atoms with van der Waals surface area (Å²) in [4.78, 5) is 8.22. The predicted octanol–water partition coefficient (Wildman–Crippen LogP) is 2.30. The molecule has 0 unspecified atom stereocenters. The number of nitriles is 1. The van der Waals surface area contributed by atoms with Crippen LogP contribution in [0.15, 0.2) is 30.3 Å². The highest BCUT2D eigenvalue weighted by Crippen LogP contribution is 2.18. The number of rotatable bonds is 5. The predicted molar refractivity (Wildman–Crippen MR) is 79.6 cm³/mol. The fraction of sp³-hybridized carbons (Fsp3) is 0.214. The second-order valence-electron chi connectivity index (χ2n) is 4.18. The summed E-state index contributed by atoms with van der Waals surface area (Å²) < 4.78 is 0. The number of nitrogens with zero attached hydrogens (tertiary/aromatic N) is 3. The van der Waals surface area contributed by atoms with Gasteiger partial charge >= 0.3 is 0 Å². The molecule has 20 heavy (non-hydrogen) atoms. The van der Waals surface area contributed by atoms with E-state index in [-0.39, 0.29) is 5.95 Å². The molecule has 0 fully saturated rings. The van der Waals surface area contributed by atoms with Crippen molar-refractivity contribution in [3.8, 4) is 6.07 Å². The van der Waals surface area contributed by atoms with Crippen LogP contribution < -0.4 is 16.4 Å². The lowest BCUT2D eigenvalue weighted by molar-refractivity contribution is 1.12. The summed E-state index contributed by atoms with van der Waals surface area (Å²) in [6.07, 6.45) is 0.408. The van der Waals surface area contributed by atoms with Gasteiger partial charge in [0.1, 0.15) is 11.6 Å². The fourth-order valence-electron chi connectivity index (χ4n) is 1.75. The highest BCUT2D eigenvalue weighted by molar-refractivity contribution is 5.61. The third-order valence-corrected chi connectivity index (χ3v) is 2.61. The molecule has 2 rings (SSSR count). The molecule has 1 aromatic heterocycles. The molecule has 0 spiro atoms. The van der Waals surface area contributed by atoms with Crippen LogP contribution >= 0.6 is 0 Å². The zero-order valence-corrected chi connectivity index (χ0v) is 11.2. The largest absolute Gasteiger partial charge is 0.370 e. The molecular formula is C14H16N6. The first-order valence-electron chi connectivity index (χ1n) is 6.32. The van der Waals surface area contributed by atoms with E-state index in [1.165, 1.54) is 0 Å². The minimum atomic E-state index is 0.215. The Bertz CT molecular complexity index is 615. The first-order valence-corrected chi connectivity index (χ1v) is 6.32. The summed E-state index contributed by atoms with van der Waals surface area (Å²) in [5.74, 6) is 1.53. The van der Waals surface area contributed by atoms with Gasteiger partial charge in [-0.3, -0.25) is 0 Å². The summed E-state index contributed by atoms with van der Waals surface area (Å²) in [6, 6.07) is 11.5. The van der Waals surface area contributed by atoms with Gasteiger partial charge < -0.3 is 16.4 Å². The molecule has 0 aliphatic carbocycles. The maximum absolute atomic E-state index is 8.63. The van der Waals surface area contributed by atoms with E-state index in [9.17, 15) is 0 Å². The lowest BCUT2D eigenvalue weighted by Gasteiger charge is -2.09. The number of nitrogens with two attached hydrogens (primary N) is 1. The van der Waals surface area contributed by atoms with Gasteiger partial charge in [-0.25, -0.2) is 0 Å². The van der Waals surface area contributed by atoms with Gasteiger partial charge in [0.25, 0.3) is 0 Å². The monoisotopic (exact) mass is 268 g/mol. The fourth-order valence-corrected chi connectivity index (χ4v) is 1.75. The SMILES string of the molecule is CCNc1cc(Nc2ccc(CC#N)cc2)nc(N)n1. The second kappa shape index (κ2) is 6.38. The van der Waals surface area contributed by atoms with Gasteiger partial charge in [0.15, 0.2) is 0 Å². The van der Waals surface area contributed by atoms with E-state index >= 15 is 0 Å². The minimum Gasteiger partial charge on any atom is -0.370 e. The number of anilines is 4. The number of hydrogen-bond donors (Lipinski definition) is 3. The Morgan fingerprint density at radius 3 is 2.55 bits per heavy atom. The van der Waals surface area contributed by atoms with Crippen LogP contribution in [0.3, 0.4) is 0 Å². The van der Waals surface area contributed by atoms with E-state index in [0.29, 0.717) is 18.1 Å². The number of benzene rings is 1. The van der Waals surface area contributed by atoms with Gasteiger partial charge in [-0.1, -0.05) is 12.1 Å². The van der Waals surface area contributed by atoms with Crippen molar-refractivity contribution in [3.05, 3.63) is 35.9 Å². The smallest absolute Gasteiger partial charge is 0.223 e. The molecule has 2 aromatic rings. The summed E-state index contributed by atoms with van der Waals surface area (Å²) in [6.45, 7) is 2.75.